The van der Waals surface area contributed by atoms with Crippen LogP contribution in [0.4, 0.5) is 19.0 Å². The second kappa shape index (κ2) is 4.72. The maximum absolute atomic E-state index is 12.2. The largest absolute Gasteiger partial charge is 0.435 e. The van der Waals surface area contributed by atoms with Crippen LogP contribution in [-0.2, 0) is 6.18 Å². The minimum absolute atomic E-state index is 0.239. The second-order valence-corrected chi connectivity index (χ2v) is 4.59. The van der Waals surface area contributed by atoms with Gasteiger partial charge in [-0.2, -0.15) is 13.2 Å². The van der Waals surface area contributed by atoms with Gasteiger partial charge in [-0.25, -0.2) is 0 Å². The Labute approximate surface area is 102 Å². The molecule has 2 rings (SSSR count). The average Bonchev–Trinajstić information content (AvgIpc) is 2.74. The van der Waals surface area contributed by atoms with Crippen molar-refractivity contribution in [2.75, 3.05) is 11.9 Å². The van der Waals surface area contributed by atoms with Gasteiger partial charge in [-0.1, -0.05) is 12.8 Å². The molecule has 0 aromatic carbocycles. The molecule has 1 aliphatic carbocycles. The molecule has 7 heteroatoms. The third kappa shape index (κ3) is 3.10. The number of hydrogen-bond acceptors (Lipinski definition) is 4. The van der Waals surface area contributed by atoms with E-state index in [1.54, 1.807) is 0 Å². The molecule has 4 nitrogen and oxygen atoms in total. The van der Waals surface area contributed by atoms with Crippen molar-refractivity contribution in [3.63, 3.8) is 0 Å². The predicted octanol–water partition coefficient (Wildman–Crippen LogP) is 2.21. The number of rotatable bonds is 3. The summed E-state index contributed by atoms with van der Waals surface area (Å²) in [6.45, 7) is 0.285. The van der Waals surface area contributed by atoms with Crippen LogP contribution in [-0.4, -0.2) is 27.4 Å². The van der Waals surface area contributed by atoms with Crippen molar-refractivity contribution in [1.82, 2.24) is 10.2 Å². The molecule has 18 heavy (non-hydrogen) atoms. The van der Waals surface area contributed by atoms with Crippen molar-refractivity contribution in [3.05, 3.63) is 17.8 Å². The molecule has 0 aliphatic heterocycles. The number of alkyl halides is 3. The first-order valence-corrected chi connectivity index (χ1v) is 5.76. The summed E-state index contributed by atoms with van der Waals surface area (Å²) in [5.74, 6) is 0.239. The highest BCUT2D eigenvalue weighted by Crippen LogP contribution is 2.30. The minimum atomic E-state index is -4.48. The molecule has 100 valence electrons. The Morgan fingerprint density at radius 2 is 1.89 bits per heavy atom. The Balaban J connectivity index is 1.94. The molecule has 1 fully saturated rings. The van der Waals surface area contributed by atoms with Gasteiger partial charge in [-0.15, -0.1) is 10.2 Å². The maximum Gasteiger partial charge on any atom is 0.435 e. The number of aromatic nitrogens is 2. The summed E-state index contributed by atoms with van der Waals surface area (Å²) < 4.78 is 36.7. The lowest BCUT2D eigenvalue weighted by Crippen LogP contribution is -2.33. The van der Waals surface area contributed by atoms with Gasteiger partial charge in [0.15, 0.2) is 5.69 Å². The van der Waals surface area contributed by atoms with Crippen LogP contribution in [0.3, 0.4) is 0 Å². The molecule has 1 aromatic heterocycles. The van der Waals surface area contributed by atoms with Crippen LogP contribution in [0.1, 0.15) is 31.4 Å². The van der Waals surface area contributed by atoms with E-state index in [2.05, 4.69) is 15.5 Å². The van der Waals surface area contributed by atoms with Crippen molar-refractivity contribution in [2.24, 2.45) is 0 Å². The van der Waals surface area contributed by atoms with E-state index in [9.17, 15) is 18.3 Å². The fraction of sp³-hybridized carbons (Fsp3) is 0.636. The van der Waals surface area contributed by atoms with Crippen LogP contribution < -0.4 is 5.32 Å². The first-order chi connectivity index (χ1) is 8.39. The maximum atomic E-state index is 12.2. The van der Waals surface area contributed by atoms with Crippen molar-refractivity contribution >= 4 is 5.82 Å². The Kier molecular flexibility index (Phi) is 3.43. The predicted molar refractivity (Wildman–Crippen MR) is 58.9 cm³/mol. The number of halogens is 3. The van der Waals surface area contributed by atoms with Crippen LogP contribution >= 0.6 is 0 Å². The van der Waals surface area contributed by atoms with Crippen molar-refractivity contribution < 1.29 is 18.3 Å². The molecular formula is C11H14F3N3O. The third-order valence-electron chi connectivity index (χ3n) is 3.09. The first-order valence-electron chi connectivity index (χ1n) is 5.76. The van der Waals surface area contributed by atoms with Gasteiger partial charge in [0, 0.05) is 6.54 Å². The van der Waals surface area contributed by atoms with Crippen LogP contribution in [0.5, 0.6) is 0 Å². The van der Waals surface area contributed by atoms with Gasteiger partial charge < -0.3 is 10.4 Å². The van der Waals surface area contributed by atoms with Crippen LogP contribution in [0.25, 0.3) is 0 Å². The highest BCUT2D eigenvalue weighted by molar-refractivity contribution is 5.34. The molecule has 1 aromatic rings. The van der Waals surface area contributed by atoms with E-state index in [-0.39, 0.29) is 12.4 Å². The molecule has 0 atom stereocenters. The SMILES string of the molecule is OC1(CNc2ccc(C(F)(F)F)nn2)CCCC1. The number of aliphatic hydroxyl groups is 1. The number of hydrogen-bond donors (Lipinski definition) is 2. The summed E-state index contributed by atoms with van der Waals surface area (Å²) in [4.78, 5) is 0. The van der Waals surface area contributed by atoms with Crippen LogP contribution in [0.2, 0.25) is 0 Å². The van der Waals surface area contributed by atoms with E-state index >= 15 is 0 Å². The van der Waals surface area contributed by atoms with E-state index in [0.717, 1.165) is 18.9 Å². The highest BCUT2D eigenvalue weighted by Gasteiger charge is 2.33. The molecule has 0 unspecified atom stereocenters. The highest BCUT2D eigenvalue weighted by atomic mass is 19.4. The molecule has 1 heterocycles. The molecule has 1 aliphatic rings. The summed E-state index contributed by atoms with van der Waals surface area (Å²) >= 11 is 0. The average molecular weight is 261 g/mol. The number of nitrogens with one attached hydrogen (secondary N) is 1. The summed E-state index contributed by atoms with van der Waals surface area (Å²) in [7, 11) is 0. The molecule has 0 saturated heterocycles. The van der Waals surface area contributed by atoms with Gasteiger partial charge in [-0.05, 0) is 25.0 Å². The quantitative estimate of drug-likeness (QED) is 0.875. The van der Waals surface area contributed by atoms with Gasteiger partial charge in [0.05, 0.1) is 5.60 Å². The first kappa shape index (κ1) is 13.1. The smallest absolute Gasteiger partial charge is 0.388 e. The zero-order valence-corrected chi connectivity index (χ0v) is 9.67. The van der Waals surface area contributed by atoms with Gasteiger partial charge >= 0.3 is 6.18 Å². The summed E-state index contributed by atoms with van der Waals surface area (Å²) in [6.07, 6.45) is -1.13. The van der Waals surface area contributed by atoms with E-state index < -0.39 is 17.5 Å². The lowest BCUT2D eigenvalue weighted by molar-refractivity contribution is -0.141. The van der Waals surface area contributed by atoms with Crippen molar-refractivity contribution in [2.45, 2.75) is 37.5 Å². The van der Waals surface area contributed by atoms with E-state index in [1.165, 1.54) is 6.07 Å². The molecule has 0 spiro atoms. The van der Waals surface area contributed by atoms with E-state index in [4.69, 9.17) is 0 Å². The molecule has 1 saturated carbocycles. The Bertz CT molecular complexity index is 399. The monoisotopic (exact) mass is 261 g/mol. The topological polar surface area (TPSA) is 58.0 Å². The summed E-state index contributed by atoms with van der Waals surface area (Å²) in [6, 6.07) is 2.09. The molecule has 0 radical (unpaired) electrons. The Morgan fingerprint density at radius 3 is 2.39 bits per heavy atom. The minimum Gasteiger partial charge on any atom is -0.388 e. The van der Waals surface area contributed by atoms with Crippen molar-refractivity contribution in [3.8, 4) is 0 Å². The van der Waals surface area contributed by atoms with Gasteiger partial charge in [0.1, 0.15) is 5.82 Å². The number of nitrogens with zero attached hydrogens (tertiary/aromatic N) is 2. The molecule has 0 amide bonds. The zero-order chi connectivity index (χ0) is 13.2. The summed E-state index contributed by atoms with van der Waals surface area (Å²) in [5, 5.41) is 19.4. The lowest BCUT2D eigenvalue weighted by Gasteiger charge is -2.22. The standard InChI is InChI=1S/C11H14F3N3O/c12-11(13,14)8-3-4-9(17-16-8)15-7-10(18)5-1-2-6-10/h3-4,18H,1-2,5-7H2,(H,15,17). The van der Waals surface area contributed by atoms with Crippen LogP contribution in [0, 0.1) is 0 Å². The van der Waals surface area contributed by atoms with Crippen LogP contribution in [0.15, 0.2) is 12.1 Å². The zero-order valence-electron chi connectivity index (χ0n) is 9.67. The van der Waals surface area contributed by atoms with E-state index in [0.29, 0.717) is 12.8 Å². The normalized spacial score (nSPS) is 18.9. The van der Waals surface area contributed by atoms with Gasteiger partial charge in [0.2, 0.25) is 0 Å². The van der Waals surface area contributed by atoms with Crippen molar-refractivity contribution in [1.29, 1.82) is 0 Å². The molecule has 0 bridgehead atoms. The molecular weight excluding hydrogens is 247 g/mol. The summed E-state index contributed by atoms with van der Waals surface area (Å²) in [5.41, 5.74) is -1.79. The molecule has 2 N–H and O–H groups in total. The lowest BCUT2D eigenvalue weighted by atomic mass is 10.0. The van der Waals surface area contributed by atoms with E-state index in [1.807, 2.05) is 0 Å². The fourth-order valence-electron chi connectivity index (χ4n) is 2.04. The van der Waals surface area contributed by atoms with Gasteiger partial charge in [0.25, 0.3) is 0 Å². The fourth-order valence-corrected chi connectivity index (χ4v) is 2.04. The van der Waals surface area contributed by atoms with Gasteiger partial charge in [-0.3, -0.25) is 0 Å². The Hall–Kier alpha value is -1.37. The third-order valence-corrected chi connectivity index (χ3v) is 3.09. The number of anilines is 1. The Morgan fingerprint density at radius 1 is 1.22 bits per heavy atom. The second-order valence-electron chi connectivity index (χ2n) is 4.59.